The minimum atomic E-state index is -0.282. The number of methoxy groups -OCH3 is 1. The molecule has 0 saturated heterocycles. The molecule has 134 valence electrons. The summed E-state index contributed by atoms with van der Waals surface area (Å²) in [6, 6.07) is 13.1. The largest absolute Gasteiger partial charge is 0.497 e. The van der Waals surface area contributed by atoms with Crippen LogP contribution in [0.5, 0.6) is 5.75 Å². The smallest absolute Gasteiger partial charge is 0.258 e. The van der Waals surface area contributed by atoms with Gasteiger partial charge in [-0.25, -0.2) is 4.98 Å². The molecule has 7 heteroatoms. The fourth-order valence-corrected chi connectivity index (χ4v) is 2.37. The number of ether oxygens (including phenoxy) is 1. The molecule has 0 radical (unpaired) electrons. The Morgan fingerprint density at radius 2 is 1.96 bits per heavy atom. The minimum absolute atomic E-state index is 0.282. The van der Waals surface area contributed by atoms with Crippen LogP contribution in [0, 0.1) is 6.92 Å². The highest BCUT2D eigenvalue weighted by atomic mass is 16.5. The van der Waals surface area contributed by atoms with Gasteiger partial charge in [-0.2, -0.15) is 0 Å². The Morgan fingerprint density at radius 3 is 2.58 bits per heavy atom. The molecule has 7 nitrogen and oxygen atoms in total. The van der Waals surface area contributed by atoms with E-state index in [0.717, 1.165) is 18.7 Å². The maximum Gasteiger partial charge on any atom is 0.258 e. The van der Waals surface area contributed by atoms with Crippen LogP contribution in [0.1, 0.15) is 21.7 Å². The molecule has 2 aromatic heterocycles. The van der Waals surface area contributed by atoms with Gasteiger partial charge in [-0.1, -0.05) is 17.3 Å². The topological polar surface area (TPSA) is 89.3 Å². The fourth-order valence-electron chi connectivity index (χ4n) is 2.37. The minimum Gasteiger partial charge on any atom is -0.497 e. The molecule has 1 amide bonds. The van der Waals surface area contributed by atoms with Crippen LogP contribution in [0.3, 0.4) is 0 Å². The second-order valence-electron chi connectivity index (χ2n) is 5.73. The lowest BCUT2D eigenvalue weighted by molar-refractivity contribution is 0.102. The van der Waals surface area contributed by atoms with Crippen LogP contribution in [0.4, 0.5) is 11.6 Å². The lowest BCUT2D eigenvalue weighted by Crippen LogP contribution is -2.13. The van der Waals surface area contributed by atoms with Gasteiger partial charge in [0.05, 0.1) is 12.7 Å². The van der Waals surface area contributed by atoms with Crippen molar-refractivity contribution in [1.82, 2.24) is 10.1 Å². The molecule has 3 rings (SSSR count). The summed E-state index contributed by atoms with van der Waals surface area (Å²) in [6.07, 6.45) is 2.39. The van der Waals surface area contributed by atoms with Gasteiger partial charge in [0.1, 0.15) is 17.3 Å². The van der Waals surface area contributed by atoms with Crippen LogP contribution < -0.4 is 15.4 Å². The standard InChI is InChI=1S/C19H20N4O3/c1-13-11-18(23-26-13)22-19(24)15-5-8-17(21-12-15)20-10-9-14-3-6-16(25-2)7-4-14/h3-8,11-12H,9-10H2,1-2H3,(H,20,21)(H,22,23,24). The summed E-state index contributed by atoms with van der Waals surface area (Å²) in [4.78, 5) is 16.4. The molecule has 0 spiro atoms. The quantitative estimate of drug-likeness (QED) is 0.678. The van der Waals surface area contributed by atoms with Crippen LogP contribution in [0.25, 0.3) is 0 Å². The number of carbonyl (C=O) groups excluding carboxylic acids is 1. The Kier molecular flexibility index (Phi) is 5.48. The van der Waals surface area contributed by atoms with E-state index in [1.807, 2.05) is 24.3 Å². The zero-order valence-corrected chi connectivity index (χ0v) is 14.7. The number of amides is 1. The van der Waals surface area contributed by atoms with E-state index in [1.165, 1.54) is 11.8 Å². The van der Waals surface area contributed by atoms with E-state index in [0.29, 0.717) is 23.0 Å². The number of aromatic nitrogens is 2. The number of carbonyl (C=O) groups is 1. The zero-order chi connectivity index (χ0) is 18.4. The monoisotopic (exact) mass is 352 g/mol. The van der Waals surface area contributed by atoms with Crippen molar-refractivity contribution in [3.8, 4) is 5.75 Å². The third-order valence-corrected chi connectivity index (χ3v) is 3.77. The molecule has 2 heterocycles. The lowest BCUT2D eigenvalue weighted by Gasteiger charge is -2.07. The Labute approximate surface area is 151 Å². The molecule has 0 fully saturated rings. The zero-order valence-electron chi connectivity index (χ0n) is 14.7. The molecule has 0 saturated carbocycles. The van der Waals surface area contributed by atoms with Crippen molar-refractivity contribution in [2.75, 3.05) is 24.3 Å². The van der Waals surface area contributed by atoms with Gasteiger partial charge in [0.25, 0.3) is 5.91 Å². The summed E-state index contributed by atoms with van der Waals surface area (Å²) in [6.45, 7) is 2.50. The molecule has 0 atom stereocenters. The maximum atomic E-state index is 12.1. The highest BCUT2D eigenvalue weighted by Gasteiger charge is 2.09. The normalized spacial score (nSPS) is 10.4. The Morgan fingerprint density at radius 1 is 1.15 bits per heavy atom. The van der Waals surface area contributed by atoms with Crippen LogP contribution in [-0.2, 0) is 6.42 Å². The van der Waals surface area contributed by atoms with E-state index < -0.39 is 0 Å². The highest BCUT2D eigenvalue weighted by Crippen LogP contribution is 2.13. The van der Waals surface area contributed by atoms with Crippen molar-refractivity contribution >= 4 is 17.5 Å². The maximum absolute atomic E-state index is 12.1. The number of benzene rings is 1. The van der Waals surface area contributed by atoms with Gasteiger partial charge in [0.15, 0.2) is 5.82 Å². The summed E-state index contributed by atoms with van der Waals surface area (Å²) in [5, 5.41) is 9.63. The number of aryl methyl sites for hydroxylation is 1. The van der Waals surface area contributed by atoms with Gasteiger partial charge in [0.2, 0.25) is 0 Å². The molecule has 26 heavy (non-hydrogen) atoms. The predicted octanol–water partition coefficient (Wildman–Crippen LogP) is 3.29. The molecule has 0 aliphatic carbocycles. The SMILES string of the molecule is COc1ccc(CCNc2ccc(C(=O)Nc3cc(C)on3)cn2)cc1. The number of hydrogen-bond acceptors (Lipinski definition) is 6. The number of pyridine rings is 1. The van der Waals surface area contributed by atoms with E-state index in [-0.39, 0.29) is 5.91 Å². The molecule has 1 aromatic carbocycles. The van der Waals surface area contributed by atoms with E-state index in [1.54, 1.807) is 32.2 Å². The number of rotatable bonds is 7. The molecule has 0 aliphatic rings. The van der Waals surface area contributed by atoms with E-state index in [4.69, 9.17) is 9.26 Å². The Hall–Kier alpha value is -3.35. The van der Waals surface area contributed by atoms with Crippen molar-refractivity contribution in [3.05, 3.63) is 65.5 Å². The number of hydrogen-bond donors (Lipinski definition) is 2. The molecule has 0 unspecified atom stereocenters. The van der Waals surface area contributed by atoms with Crippen molar-refractivity contribution in [2.24, 2.45) is 0 Å². The van der Waals surface area contributed by atoms with Crippen molar-refractivity contribution < 1.29 is 14.1 Å². The Bertz CT molecular complexity index is 857. The van der Waals surface area contributed by atoms with Gasteiger partial charge in [-0.15, -0.1) is 0 Å². The Balaban J connectivity index is 1.49. The van der Waals surface area contributed by atoms with Crippen molar-refractivity contribution in [3.63, 3.8) is 0 Å². The molecular weight excluding hydrogens is 332 g/mol. The predicted molar refractivity (Wildman–Crippen MR) is 98.6 cm³/mol. The lowest BCUT2D eigenvalue weighted by atomic mass is 10.1. The third kappa shape index (κ3) is 4.60. The first kappa shape index (κ1) is 17.5. The summed E-state index contributed by atoms with van der Waals surface area (Å²) in [7, 11) is 1.65. The van der Waals surface area contributed by atoms with E-state index in [9.17, 15) is 4.79 Å². The number of anilines is 2. The van der Waals surface area contributed by atoms with Gasteiger partial charge < -0.3 is 19.9 Å². The average Bonchev–Trinajstić information content (AvgIpc) is 3.07. The summed E-state index contributed by atoms with van der Waals surface area (Å²) < 4.78 is 10.1. The summed E-state index contributed by atoms with van der Waals surface area (Å²) in [5.41, 5.74) is 1.66. The number of nitrogens with zero attached hydrogens (tertiary/aromatic N) is 2. The molecule has 2 N–H and O–H groups in total. The summed E-state index contributed by atoms with van der Waals surface area (Å²) in [5.74, 6) is 2.30. The molecule has 0 bridgehead atoms. The number of nitrogens with one attached hydrogen (secondary N) is 2. The molecule has 3 aromatic rings. The van der Waals surface area contributed by atoms with Crippen molar-refractivity contribution in [1.29, 1.82) is 0 Å². The van der Waals surface area contributed by atoms with E-state index in [2.05, 4.69) is 20.8 Å². The van der Waals surface area contributed by atoms with Gasteiger partial charge in [-0.05, 0) is 43.2 Å². The van der Waals surface area contributed by atoms with Crippen LogP contribution in [0.2, 0.25) is 0 Å². The fraction of sp³-hybridized carbons (Fsp3) is 0.211. The van der Waals surface area contributed by atoms with Gasteiger partial charge in [0, 0.05) is 18.8 Å². The third-order valence-electron chi connectivity index (χ3n) is 3.77. The first-order chi connectivity index (χ1) is 12.6. The van der Waals surface area contributed by atoms with Crippen molar-refractivity contribution in [2.45, 2.75) is 13.3 Å². The second-order valence-corrected chi connectivity index (χ2v) is 5.73. The van der Waals surface area contributed by atoms with Gasteiger partial charge in [-0.3, -0.25) is 4.79 Å². The van der Waals surface area contributed by atoms with E-state index >= 15 is 0 Å². The average molecular weight is 352 g/mol. The molecular formula is C19H20N4O3. The highest BCUT2D eigenvalue weighted by molar-refractivity contribution is 6.03. The van der Waals surface area contributed by atoms with Crippen LogP contribution in [-0.4, -0.2) is 29.7 Å². The first-order valence-electron chi connectivity index (χ1n) is 8.21. The summed E-state index contributed by atoms with van der Waals surface area (Å²) >= 11 is 0. The second kappa shape index (κ2) is 8.15. The first-order valence-corrected chi connectivity index (χ1v) is 8.21. The van der Waals surface area contributed by atoms with Crippen LogP contribution >= 0.6 is 0 Å². The van der Waals surface area contributed by atoms with Crippen LogP contribution in [0.15, 0.2) is 53.2 Å². The molecule has 0 aliphatic heterocycles. The van der Waals surface area contributed by atoms with Gasteiger partial charge >= 0.3 is 0 Å².